The highest BCUT2D eigenvalue weighted by Gasteiger charge is 2.12. The van der Waals surface area contributed by atoms with Crippen LogP contribution in [0, 0.1) is 0 Å². The molecule has 0 amide bonds. The predicted octanol–water partition coefficient (Wildman–Crippen LogP) is 2.26. The molecule has 0 aliphatic rings. The molecule has 0 atom stereocenters. The molecule has 0 fully saturated rings. The summed E-state index contributed by atoms with van der Waals surface area (Å²) < 4.78 is 7.53. The van der Waals surface area contributed by atoms with Gasteiger partial charge in [0.05, 0.1) is 6.61 Å². The number of hydrogen-bond acceptors (Lipinski definition) is 7. The lowest BCUT2D eigenvalue weighted by molar-refractivity contribution is 0.340. The quantitative estimate of drug-likeness (QED) is 0.667. The summed E-state index contributed by atoms with van der Waals surface area (Å²) in [5, 5.41) is 12.4. The van der Waals surface area contributed by atoms with Gasteiger partial charge in [-0.05, 0) is 30.9 Å². The van der Waals surface area contributed by atoms with E-state index >= 15 is 0 Å². The molecule has 0 radical (unpaired) electrons. The van der Waals surface area contributed by atoms with Crippen LogP contribution in [-0.2, 0) is 6.42 Å². The predicted molar refractivity (Wildman–Crippen MR) is 87.1 cm³/mol. The van der Waals surface area contributed by atoms with Crippen molar-refractivity contribution in [2.45, 2.75) is 17.7 Å². The van der Waals surface area contributed by atoms with Gasteiger partial charge in [0.15, 0.2) is 4.34 Å². The first-order chi connectivity index (χ1) is 10.7. The van der Waals surface area contributed by atoms with Gasteiger partial charge >= 0.3 is 0 Å². The van der Waals surface area contributed by atoms with Gasteiger partial charge in [-0.3, -0.25) is 4.79 Å². The third kappa shape index (κ3) is 2.97. The Balaban J connectivity index is 1.90. The number of aromatic nitrogens is 4. The largest absolute Gasteiger partial charge is 0.494 e. The summed E-state index contributed by atoms with van der Waals surface area (Å²) in [6.07, 6.45) is 2.34. The van der Waals surface area contributed by atoms with E-state index < -0.39 is 0 Å². The molecule has 0 unspecified atom stereocenters. The van der Waals surface area contributed by atoms with Gasteiger partial charge < -0.3 is 4.74 Å². The first kappa shape index (κ1) is 15.0. The Labute approximate surface area is 135 Å². The highest BCUT2D eigenvalue weighted by Crippen LogP contribution is 2.20. The van der Waals surface area contributed by atoms with Crippen LogP contribution >= 0.6 is 23.1 Å². The smallest absolute Gasteiger partial charge is 0.297 e. The van der Waals surface area contributed by atoms with E-state index in [0.29, 0.717) is 23.7 Å². The molecule has 8 heteroatoms. The lowest BCUT2D eigenvalue weighted by Crippen LogP contribution is -2.22. The summed E-state index contributed by atoms with van der Waals surface area (Å²) in [4.78, 5) is 12.9. The van der Waals surface area contributed by atoms with E-state index in [1.165, 1.54) is 27.6 Å². The van der Waals surface area contributed by atoms with Crippen molar-refractivity contribution in [1.29, 1.82) is 0 Å². The topological polar surface area (TPSA) is 69.4 Å². The van der Waals surface area contributed by atoms with Crippen LogP contribution in [0.25, 0.3) is 4.96 Å². The lowest BCUT2D eigenvalue weighted by atomic mass is 10.1. The number of fused-ring (bicyclic) bond motifs is 1. The Morgan fingerprint density at radius 1 is 1.27 bits per heavy atom. The van der Waals surface area contributed by atoms with Crippen molar-refractivity contribution in [3.63, 3.8) is 0 Å². The molecule has 0 N–H and O–H groups in total. The van der Waals surface area contributed by atoms with E-state index in [9.17, 15) is 4.79 Å². The van der Waals surface area contributed by atoms with E-state index in [1.54, 1.807) is 0 Å². The average molecular weight is 334 g/mol. The molecule has 0 spiro atoms. The van der Waals surface area contributed by atoms with Gasteiger partial charge in [-0.1, -0.05) is 35.2 Å². The van der Waals surface area contributed by atoms with Crippen LogP contribution in [0.15, 0.2) is 33.4 Å². The van der Waals surface area contributed by atoms with E-state index in [0.717, 1.165) is 15.7 Å². The number of rotatable bonds is 5. The maximum Gasteiger partial charge on any atom is 0.297 e. The van der Waals surface area contributed by atoms with Gasteiger partial charge in [0.1, 0.15) is 11.4 Å². The Kier molecular flexibility index (Phi) is 4.39. The second-order valence-electron chi connectivity index (χ2n) is 4.47. The maximum atomic E-state index is 12.4. The molecule has 2 aromatic heterocycles. The molecule has 0 saturated carbocycles. The van der Waals surface area contributed by atoms with Crippen molar-refractivity contribution in [1.82, 2.24) is 19.8 Å². The minimum atomic E-state index is -0.213. The van der Waals surface area contributed by atoms with Crippen LogP contribution < -0.4 is 10.3 Å². The maximum absolute atomic E-state index is 12.4. The van der Waals surface area contributed by atoms with Gasteiger partial charge in [-0.2, -0.15) is 4.52 Å². The van der Waals surface area contributed by atoms with Crippen LogP contribution in [0.3, 0.4) is 0 Å². The minimum Gasteiger partial charge on any atom is -0.494 e. The van der Waals surface area contributed by atoms with Crippen LogP contribution in [0.2, 0.25) is 0 Å². The molecular weight excluding hydrogens is 320 g/mol. The second kappa shape index (κ2) is 6.45. The van der Waals surface area contributed by atoms with E-state index in [1.807, 2.05) is 37.4 Å². The first-order valence-corrected chi connectivity index (χ1v) is 8.76. The molecule has 1 aromatic carbocycles. The number of thioether (sulfide) groups is 1. The molecule has 2 heterocycles. The zero-order valence-electron chi connectivity index (χ0n) is 12.1. The fourth-order valence-electron chi connectivity index (χ4n) is 1.99. The summed E-state index contributed by atoms with van der Waals surface area (Å²) in [6.45, 7) is 2.57. The Bertz CT molecular complexity index is 842. The Morgan fingerprint density at radius 3 is 2.73 bits per heavy atom. The van der Waals surface area contributed by atoms with Crippen molar-refractivity contribution in [3.05, 3.63) is 45.9 Å². The Morgan fingerprint density at radius 2 is 2.05 bits per heavy atom. The molecule has 3 aromatic rings. The lowest BCUT2D eigenvalue weighted by Gasteiger charge is -2.04. The molecule has 0 aliphatic heterocycles. The molecule has 0 bridgehead atoms. The monoisotopic (exact) mass is 334 g/mol. The van der Waals surface area contributed by atoms with Crippen molar-refractivity contribution in [2.24, 2.45) is 0 Å². The first-order valence-electron chi connectivity index (χ1n) is 6.72. The van der Waals surface area contributed by atoms with Gasteiger partial charge in [-0.15, -0.1) is 15.3 Å². The van der Waals surface area contributed by atoms with Crippen LogP contribution in [0.5, 0.6) is 5.75 Å². The van der Waals surface area contributed by atoms with Crippen LogP contribution in [-0.4, -0.2) is 32.7 Å². The SMILES string of the molecule is CCOc1ccc(Cc2nnc3sc(SC)nn3c2=O)cc1. The zero-order valence-corrected chi connectivity index (χ0v) is 13.8. The third-order valence-electron chi connectivity index (χ3n) is 3.02. The summed E-state index contributed by atoms with van der Waals surface area (Å²) in [7, 11) is 0. The second-order valence-corrected chi connectivity index (χ2v) is 6.48. The summed E-state index contributed by atoms with van der Waals surface area (Å²) in [5.41, 5.74) is 1.16. The molecule has 22 heavy (non-hydrogen) atoms. The third-order valence-corrected chi connectivity index (χ3v) is 4.89. The Hall–Kier alpha value is -1.93. The van der Waals surface area contributed by atoms with E-state index in [2.05, 4.69) is 15.3 Å². The summed E-state index contributed by atoms with van der Waals surface area (Å²) in [5.74, 6) is 0.814. The molecular formula is C14H14N4O2S2. The van der Waals surface area contributed by atoms with Crippen molar-refractivity contribution in [2.75, 3.05) is 12.9 Å². The zero-order chi connectivity index (χ0) is 15.5. The molecule has 0 saturated heterocycles. The van der Waals surface area contributed by atoms with Crippen molar-refractivity contribution < 1.29 is 4.74 Å². The van der Waals surface area contributed by atoms with Gasteiger partial charge in [0.2, 0.25) is 4.96 Å². The van der Waals surface area contributed by atoms with Gasteiger partial charge in [0, 0.05) is 6.42 Å². The standard InChI is InChI=1S/C14H14N4O2S2/c1-3-20-10-6-4-9(5-7-10)8-11-12(19)18-13(16-15-11)22-14(17-18)21-2/h4-7H,3,8H2,1-2H3. The highest BCUT2D eigenvalue weighted by molar-refractivity contribution is 8.00. The number of benzene rings is 1. The normalized spacial score (nSPS) is 11.0. The molecule has 3 rings (SSSR count). The molecule has 114 valence electrons. The fourth-order valence-corrected chi connectivity index (χ4v) is 3.28. The van der Waals surface area contributed by atoms with Gasteiger partial charge in [0.25, 0.3) is 5.56 Å². The molecule has 0 aliphatic carbocycles. The number of nitrogens with zero attached hydrogens (tertiary/aromatic N) is 4. The van der Waals surface area contributed by atoms with Crippen molar-refractivity contribution in [3.8, 4) is 5.75 Å². The average Bonchev–Trinajstić information content (AvgIpc) is 2.96. The summed E-state index contributed by atoms with van der Waals surface area (Å²) in [6, 6.07) is 7.62. The number of hydrogen-bond donors (Lipinski definition) is 0. The summed E-state index contributed by atoms with van der Waals surface area (Å²) >= 11 is 2.84. The van der Waals surface area contributed by atoms with E-state index in [4.69, 9.17) is 4.74 Å². The highest BCUT2D eigenvalue weighted by atomic mass is 32.2. The number of ether oxygens (including phenoxy) is 1. The van der Waals surface area contributed by atoms with Crippen LogP contribution in [0.1, 0.15) is 18.2 Å². The van der Waals surface area contributed by atoms with Crippen LogP contribution in [0.4, 0.5) is 0 Å². The minimum absolute atomic E-state index is 0.213. The van der Waals surface area contributed by atoms with E-state index in [-0.39, 0.29) is 5.56 Å². The fraction of sp³-hybridized carbons (Fsp3) is 0.286. The van der Waals surface area contributed by atoms with Crippen molar-refractivity contribution >= 4 is 28.1 Å². The van der Waals surface area contributed by atoms with Gasteiger partial charge in [-0.25, -0.2) is 0 Å². The molecule has 6 nitrogen and oxygen atoms in total.